The third-order valence-electron chi connectivity index (χ3n) is 6.62. The predicted octanol–water partition coefficient (Wildman–Crippen LogP) is 4.80. The molecule has 3 aromatic carbocycles. The van der Waals surface area contributed by atoms with Crippen LogP contribution in [0.1, 0.15) is 56.2 Å². The highest BCUT2D eigenvalue weighted by atomic mass is 16.5. The molecule has 0 radical (unpaired) electrons. The van der Waals surface area contributed by atoms with Gasteiger partial charge >= 0.3 is 5.97 Å². The fourth-order valence-corrected chi connectivity index (χ4v) is 4.94. The van der Waals surface area contributed by atoms with Gasteiger partial charge in [-0.2, -0.15) is 0 Å². The molecule has 186 valence electrons. The van der Waals surface area contributed by atoms with Crippen molar-refractivity contribution in [3.05, 3.63) is 107 Å². The van der Waals surface area contributed by atoms with Crippen LogP contribution in [0.5, 0.6) is 0 Å². The van der Waals surface area contributed by atoms with Crippen molar-refractivity contribution in [1.29, 1.82) is 0 Å². The molecule has 5 rings (SSSR count). The Morgan fingerprint density at radius 1 is 0.811 bits per heavy atom. The van der Waals surface area contributed by atoms with Gasteiger partial charge in [0.05, 0.1) is 22.7 Å². The van der Waals surface area contributed by atoms with Crippen LogP contribution >= 0.6 is 0 Å². The van der Waals surface area contributed by atoms with E-state index in [-0.39, 0.29) is 23.5 Å². The molecule has 0 N–H and O–H groups in total. The van der Waals surface area contributed by atoms with Gasteiger partial charge in [0.15, 0.2) is 0 Å². The summed E-state index contributed by atoms with van der Waals surface area (Å²) in [5, 5.41) is 0.767. The maximum atomic E-state index is 13.5. The average molecular weight is 495 g/mol. The van der Waals surface area contributed by atoms with Crippen LogP contribution in [0.4, 0.5) is 0 Å². The van der Waals surface area contributed by atoms with Gasteiger partial charge < -0.3 is 4.74 Å². The topological polar surface area (TPSA) is 85.7 Å². The number of hydrogen-bond acceptors (Lipinski definition) is 5. The number of fused-ring (bicyclic) bond motifs is 2. The first-order valence-electron chi connectivity index (χ1n) is 12.2. The van der Waals surface area contributed by atoms with Crippen molar-refractivity contribution in [1.82, 2.24) is 9.47 Å². The second-order valence-corrected chi connectivity index (χ2v) is 9.32. The minimum Gasteiger partial charge on any atom is -0.461 e. The highest BCUT2D eigenvalue weighted by molar-refractivity contribution is 6.22. The zero-order valence-corrected chi connectivity index (χ0v) is 20.8. The summed E-state index contributed by atoms with van der Waals surface area (Å²) in [7, 11) is 0. The lowest BCUT2D eigenvalue weighted by Gasteiger charge is -2.26. The molecule has 7 heteroatoms. The van der Waals surface area contributed by atoms with Crippen LogP contribution in [-0.4, -0.2) is 45.3 Å². The molecule has 7 nitrogen and oxygen atoms in total. The standard InChI is InChI=1S/C30H26N2O5/c1-18(2)37-30(36)26(32-28(34)22-14-7-8-15-23(22)29(32)35)17-24-19(3)31(25-16-10-9-13-21(24)25)27(33)20-11-5-4-6-12-20/h4-16,18,26H,17H2,1-3H3. The quantitative estimate of drug-likeness (QED) is 0.284. The van der Waals surface area contributed by atoms with Crippen molar-refractivity contribution in [3.63, 3.8) is 0 Å². The van der Waals surface area contributed by atoms with Crippen LogP contribution in [-0.2, 0) is 16.0 Å². The Morgan fingerprint density at radius 3 is 2.00 bits per heavy atom. The first-order chi connectivity index (χ1) is 17.8. The Labute approximate surface area is 214 Å². The zero-order chi connectivity index (χ0) is 26.3. The first-order valence-corrected chi connectivity index (χ1v) is 12.2. The molecule has 0 fully saturated rings. The van der Waals surface area contributed by atoms with E-state index in [2.05, 4.69) is 0 Å². The number of amides is 2. The van der Waals surface area contributed by atoms with Crippen LogP contribution in [0.25, 0.3) is 10.9 Å². The Kier molecular flexibility index (Phi) is 6.21. The lowest BCUT2D eigenvalue weighted by molar-refractivity contribution is -0.152. The maximum absolute atomic E-state index is 13.5. The Hall–Kier alpha value is -4.52. The molecular formula is C30H26N2O5. The second-order valence-electron chi connectivity index (χ2n) is 9.32. The van der Waals surface area contributed by atoms with Gasteiger partial charge in [-0.25, -0.2) is 4.79 Å². The smallest absolute Gasteiger partial charge is 0.329 e. The minimum atomic E-state index is -1.19. The summed E-state index contributed by atoms with van der Waals surface area (Å²) in [6.45, 7) is 5.24. The van der Waals surface area contributed by atoms with E-state index in [0.29, 0.717) is 22.3 Å². The molecular weight excluding hydrogens is 468 g/mol. The molecule has 1 aliphatic rings. The number of nitrogens with zero attached hydrogens (tertiary/aromatic N) is 2. The van der Waals surface area contributed by atoms with E-state index in [1.54, 1.807) is 66.9 Å². The lowest BCUT2D eigenvalue weighted by Crippen LogP contribution is -2.47. The number of rotatable bonds is 6. The van der Waals surface area contributed by atoms with Gasteiger partial charge in [-0.15, -0.1) is 0 Å². The summed E-state index contributed by atoms with van der Waals surface area (Å²) in [5.41, 5.74) is 3.05. The SMILES string of the molecule is Cc1c(CC(C(=O)OC(C)C)N2C(=O)c3ccccc3C2=O)c2ccccc2n1C(=O)c1ccccc1. The lowest BCUT2D eigenvalue weighted by atomic mass is 10.0. The summed E-state index contributed by atoms with van der Waals surface area (Å²) < 4.78 is 7.13. The van der Waals surface area contributed by atoms with Crippen molar-refractivity contribution >= 4 is 34.6 Å². The molecule has 4 aromatic rings. The fourth-order valence-electron chi connectivity index (χ4n) is 4.94. The van der Waals surface area contributed by atoms with Gasteiger partial charge in [0.2, 0.25) is 0 Å². The van der Waals surface area contributed by atoms with E-state index >= 15 is 0 Å². The van der Waals surface area contributed by atoms with Gasteiger partial charge in [0, 0.05) is 23.1 Å². The van der Waals surface area contributed by atoms with E-state index < -0.39 is 29.9 Å². The summed E-state index contributed by atoms with van der Waals surface area (Å²) in [6, 6.07) is 21.7. The van der Waals surface area contributed by atoms with E-state index in [9.17, 15) is 19.2 Å². The summed E-state index contributed by atoms with van der Waals surface area (Å²) >= 11 is 0. The van der Waals surface area contributed by atoms with Crippen LogP contribution in [0.15, 0.2) is 78.9 Å². The van der Waals surface area contributed by atoms with Crippen molar-refractivity contribution in [3.8, 4) is 0 Å². The molecule has 1 aromatic heterocycles. The van der Waals surface area contributed by atoms with Gasteiger partial charge in [0.1, 0.15) is 6.04 Å². The third kappa shape index (κ3) is 4.12. The molecule has 1 aliphatic heterocycles. The molecule has 0 aliphatic carbocycles. The average Bonchev–Trinajstić information content (AvgIpc) is 3.32. The van der Waals surface area contributed by atoms with Crippen molar-refractivity contribution < 1.29 is 23.9 Å². The Balaban J connectivity index is 1.62. The number of benzene rings is 3. The maximum Gasteiger partial charge on any atom is 0.329 e. The van der Waals surface area contributed by atoms with Gasteiger partial charge in [-0.1, -0.05) is 48.5 Å². The Morgan fingerprint density at radius 2 is 1.38 bits per heavy atom. The van der Waals surface area contributed by atoms with Gasteiger partial charge in [0.25, 0.3) is 17.7 Å². The monoisotopic (exact) mass is 494 g/mol. The van der Waals surface area contributed by atoms with Gasteiger partial charge in [-0.05, 0) is 56.7 Å². The number of aromatic nitrogens is 1. The molecule has 37 heavy (non-hydrogen) atoms. The first kappa shape index (κ1) is 24.2. The van der Waals surface area contributed by atoms with Crippen LogP contribution in [0.3, 0.4) is 0 Å². The zero-order valence-electron chi connectivity index (χ0n) is 20.8. The number of carbonyl (C=O) groups is 4. The second kappa shape index (κ2) is 9.50. The molecule has 0 spiro atoms. The minimum absolute atomic E-state index is 0.0123. The van der Waals surface area contributed by atoms with E-state index in [4.69, 9.17) is 4.74 Å². The van der Waals surface area contributed by atoms with Gasteiger partial charge in [-0.3, -0.25) is 23.9 Å². The summed E-state index contributed by atoms with van der Waals surface area (Å²) in [4.78, 5) is 54.5. The van der Waals surface area contributed by atoms with Crippen LogP contribution in [0, 0.1) is 6.92 Å². The number of hydrogen-bond donors (Lipinski definition) is 0. The van der Waals surface area contributed by atoms with E-state index in [1.807, 2.05) is 37.3 Å². The fraction of sp³-hybridized carbons (Fsp3) is 0.200. The number of carbonyl (C=O) groups excluding carboxylic acids is 4. The molecule has 0 bridgehead atoms. The number of imide groups is 1. The molecule has 1 atom stereocenters. The van der Waals surface area contributed by atoms with Crippen molar-refractivity contribution in [2.45, 2.75) is 39.3 Å². The molecule has 2 heterocycles. The number of ether oxygens (including phenoxy) is 1. The van der Waals surface area contributed by atoms with Crippen LogP contribution in [0.2, 0.25) is 0 Å². The summed E-state index contributed by atoms with van der Waals surface area (Å²) in [6.07, 6.45) is -0.425. The molecule has 0 saturated carbocycles. The van der Waals surface area contributed by atoms with Crippen molar-refractivity contribution in [2.24, 2.45) is 0 Å². The summed E-state index contributed by atoms with van der Waals surface area (Å²) in [5.74, 6) is -1.95. The third-order valence-corrected chi connectivity index (χ3v) is 6.62. The highest BCUT2D eigenvalue weighted by Gasteiger charge is 2.44. The molecule has 2 amide bonds. The van der Waals surface area contributed by atoms with Crippen LogP contribution < -0.4 is 0 Å². The Bertz CT molecular complexity index is 1520. The largest absolute Gasteiger partial charge is 0.461 e. The van der Waals surface area contributed by atoms with E-state index in [0.717, 1.165) is 10.3 Å². The number of para-hydroxylation sites is 1. The predicted molar refractivity (Wildman–Crippen MR) is 139 cm³/mol. The molecule has 0 saturated heterocycles. The number of esters is 1. The molecule has 1 unspecified atom stereocenters. The highest BCUT2D eigenvalue weighted by Crippen LogP contribution is 2.32. The van der Waals surface area contributed by atoms with E-state index in [1.165, 1.54) is 0 Å². The normalized spacial score (nSPS) is 13.8. The van der Waals surface area contributed by atoms with Crippen molar-refractivity contribution in [2.75, 3.05) is 0 Å².